The Morgan fingerprint density at radius 3 is 2.62 bits per heavy atom. The topological polar surface area (TPSA) is 28.2 Å². The second-order valence-corrected chi connectivity index (χ2v) is 6.13. The van der Waals surface area contributed by atoms with E-state index >= 15 is 0 Å². The van der Waals surface area contributed by atoms with Gasteiger partial charge in [-0.15, -0.1) is 0 Å². The average Bonchev–Trinajstić information content (AvgIpc) is 2.48. The number of anilines is 1. The summed E-state index contributed by atoms with van der Waals surface area (Å²) >= 11 is 3.48. The molecule has 0 aliphatic carbocycles. The highest BCUT2D eigenvalue weighted by Crippen LogP contribution is 2.22. The first kappa shape index (κ1) is 16.0. The van der Waals surface area contributed by atoms with Gasteiger partial charge in [0.2, 0.25) is 0 Å². The first-order valence-corrected chi connectivity index (χ1v) is 8.01. The van der Waals surface area contributed by atoms with Crippen LogP contribution >= 0.6 is 15.9 Å². The Bertz CT molecular complexity index is 581. The molecule has 0 spiro atoms. The lowest BCUT2D eigenvalue weighted by atomic mass is 10.1. The van der Waals surface area contributed by atoms with Crippen LogP contribution in [-0.2, 0) is 13.1 Å². The van der Waals surface area contributed by atoms with E-state index < -0.39 is 0 Å². The second-order valence-electron chi connectivity index (χ2n) is 5.22. The average molecular weight is 348 g/mol. The number of hydrogen-bond donors (Lipinski definition) is 1. The summed E-state index contributed by atoms with van der Waals surface area (Å²) in [6, 6.07) is 10.6. The van der Waals surface area contributed by atoms with Crippen LogP contribution in [0.15, 0.2) is 41.0 Å². The van der Waals surface area contributed by atoms with Gasteiger partial charge in [0.05, 0.1) is 0 Å². The van der Waals surface area contributed by atoms with E-state index in [9.17, 15) is 0 Å². The number of rotatable bonds is 6. The van der Waals surface area contributed by atoms with Gasteiger partial charge in [0.25, 0.3) is 0 Å². The molecule has 1 heterocycles. The minimum atomic E-state index is 0.851. The van der Waals surface area contributed by atoms with E-state index in [1.54, 1.807) is 0 Å². The van der Waals surface area contributed by atoms with E-state index in [-0.39, 0.29) is 0 Å². The van der Waals surface area contributed by atoms with Crippen LogP contribution < -0.4 is 10.2 Å². The molecule has 0 unspecified atom stereocenters. The normalized spacial score (nSPS) is 10.7. The van der Waals surface area contributed by atoms with Gasteiger partial charge in [-0.25, -0.2) is 0 Å². The van der Waals surface area contributed by atoms with Crippen molar-refractivity contribution >= 4 is 21.6 Å². The highest BCUT2D eigenvalue weighted by Gasteiger charge is 2.09. The number of benzene rings is 1. The van der Waals surface area contributed by atoms with Crippen molar-refractivity contribution < 1.29 is 0 Å². The van der Waals surface area contributed by atoms with E-state index in [1.807, 2.05) is 13.1 Å². The van der Waals surface area contributed by atoms with Gasteiger partial charge >= 0.3 is 0 Å². The summed E-state index contributed by atoms with van der Waals surface area (Å²) in [7, 11) is 2.13. The minimum absolute atomic E-state index is 0.851. The predicted octanol–water partition coefficient (Wildman–Crippen LogP) is 3.90. The van der Waals surface area contributed by atoms with Gasteiger partial charge < -0.3 is 10.2 Å². The molecular weight excluding hydrogens is 326 g/mol. The fourth-order valence-electron chi connectivity index (χ4n) is 2.27. The Hall–Kier alpha value is -1.39. The Balaban J connectivity index is 2.18. The molecule has 3 nitrogen and oxygen atoms in total. The number of aromatic nitrogens is 1. The van der Waals surface area contributed by atoms with Crippen LogP contribution in [0.1, 0.15) is 23.7 Å². The lowest BCUT2D eigenvalue weighted by Gasteiger charge is -2.23. The van der Waals surface area contributed by atoms with Crippen molar-refractivity contribution in [3.63, 3.8) is 0 Å². The molecule has 2 rings (SSSR count). The maximum Gasteiger partial charge on any atom is 0.0445 e. The summed E-state index contributed by atoms with van der Waals surface area (Å²) in [6.07, 6.45) is 1.98. The van der Waals surface area contributed by atoms with Crippen molar-refractivity contribution in [1.29, 1.82) is 0 Å². The first-order valence-electron chi connectivity index (χ1n) is 7.22. The third-order valence-electron chi connectivity index (χ3n) is 3.41. The van der Waals surface area contributed by atoms with E-state index in [0.29, 0.717) is 0 Å². The predicted molar refractivity (Wildman–Crippen MR) is 92.6 cm³/mol. The van der Waals surface area contributed by atoms with Crippen LogP contribution in [0.3, 0.4) is 0 Å². The monoisotopic (exact) mass is 347 g/mol. The van der Waals surface area contributed by atoms with E-state index in [1.165, 1.54) is 16.8 Å². The van der Waals surface area contributed by atoms with E-state index in [0.717, 1.165) is 29.8 Å². The fourth-order valence-corrected chi connectivity index (χ4v) is 2.54. The van der Waals surface area contributed by atoms with E-state index in [2.05, 4.69) is 75.4 Å². The van der Waals surface area contributed by atoms with Crippen LogP contribution in [0.25, 0.3) is 0 Å². The highest BCUT2D eigenvalue weighted by atomic mass is 79.9. The number of halogens is 1. The molecule has 1 aromatic heterocycles. The smallest absolute Gasteiger partial charge is 0.0445 e. The number of hydrogen-bond acceptors (Lipinski definition) is 3. The third kappa shape index (κ3) is 4.55. The van der Waals surface area contributed by atoms with Crippen LogP contribution in [0, 0.1) is 6.92 Å². The number of pyridine rings is 1. The van der Waals surface area contributed by atoms with Gasteiger partial charge in [0, 0.05) is 47.8 Å². The van der Waals surface area contributed by atoms with Crippen molar-refractivity contribution in [1.82, 2.24) is 10.3 Å². The van der Waals surface area contributed by atoms with Crippen molar-refractivity contribution in [3.8, 4) is 0 Å². The molecule has 2 aromatic rings. The van der Waals surface area contributed by atoms with Crippen molar-refractivity contribution in [2.24, 2.45) is 0 Å². The highest BCUT2D eigenvalue weighted by molar-refractivity contribution is 9.10. The lowest BCUT2D eigenvalue weighted by molar-refractivity contribution is 0.720. The molecule has 0 amide bonds. The van der Waals surface area contributed by atoms with Crippen LogP contribution in [0.2, 0.25) is 0 Å². The second kappa shape index (κ2) is 7.57. The number of aryl methyl sites for hydroxylation is 1. The van der Waals surface area contributed by atoms with Gasteiger partial charge in [0.15, 0.2) is 0 Å². The molecule has 0 atom stereocenters. The molecule has 0 saturated carbocycles. The van der Waals surface area contributed by atoms with Crippen molar-refractivity contribution in [2.45, 2.75) is 26.9 Å². The Morgan fingerprint density at radius 1 is 1.24 bits per heavy atom. The summed E-state index contributed by atoms with van der Waals surface area (Å²) in [6.45, 7) is 6.85. The fraction of sp³-hybridized carbons (Fsp3) is 0.353. The van der Waals surface area contributed by atoms with Crippen LogP contribution in [0.4, 0.5) is 5.69 Å². The summed E-state index contributed by atoms with van der Waals surface area (Å²) in [4.78, 5) is 6.70. The molecule has 0 aliphatic rings. The standard InChI is InChI=1S/C17H22BrN3/c1-4-19-10-15-11-20-13(2)9-17(15)21(3)12-14-5-7-16(18)8-6-14/h5-9,11,19H,4,10,12H2,1-3H3. The molecule has 1 aromatic carbocycles. The molecule has 0 fully saturated rings. The summed E-state index contributed by atoms with van der Waals surface area (Å²) < 4.78 is 1.11. The summed E-state index contributed by atoms with van der Waals surface area (Å²) in [5.41, 5.74) is 4.82. The molecule has 21 heavy (non-hydrogen) atoms. The number of nitrogens with one attached hydrogen (secondary N) is 1. The lowest BCUT2D eigenvalue weighted by Crippen LogP contribution is -2.21. The molecular formula is C17H22BrN3. The zero-order valence-corrected chi connectivity index (χ0v) is 14.4. The summed E-state index contributed by atoms with van der Waals surface area (Å²) in [5, 5.41) is 3.38. The van der Waals surface area contributed by atoms with Crippen LogP contribution in [-0.4, -0.2) is 18.6 Å². The van der Waals surface area contributed by atoms with Crippen molar-refractivity contribution in [3.05, 3.63) is 57.8 Å². The van der Waals surface area contributed by atoms with Gasteiger partial charge in [0.1, 0.15) is 0 Å². The van der Waals surface area contributed by atoms with Crippen molar-refractivity contribution in [2.75, 3.05) is 18.5 Å². The van der Waals surface area contributed by atoms with Gasteiger partial charge in [-0.3, -0.25) is 4.98 Å². The molecule has 4 heteroatoms. The van der Waals surface area contributed by atoms with Gasteiger partial charge in [-0.05, 0) is 37.2 Å². The molecule has 0 aliphatic heterocycles. The third-order valence-corrected chi connectivity index (χ3v) is 3.94. The molecule has 0 saturated heterocycles. The van der Waals surface area contributed by atoms with Gasteiger partial charge in [-0.2, -0.15) is 0 Å². The van der Waals surface area contributed by atoms with E-state index in [4.69, 9.17) is 0 Å². The SMILES string of the molecule is CCNCc1cnc(C)cc1N(C)Cc1ccc(Br)cc1. The zero-order valence-electron chi connectivity index (χ0n) is 12.9. The molecule has 112 valence electrons. The molecule has 1 N–H and O–H groups in total. The maximum absolute atomic E-state index is 4.42. The maximum atomic E-state index is 4.42. The molecule has 0 radical (unpaired) electrons. The quantitative estimate of drug-likeness (QED) is 0.858. The Kier molecular flexibility index (Phi) is 5.76. The summed E-state index contributed by atoms with van der Waals surface area (Å²) in [5.74, 6) is 0. The van der Waals surface area contributed by atoms with Crippen LogP contribution in [0.5, 0.6) is 0 Å². The first-order chi connectivity index (χ1) is 10.1. The largest absolute Gasteiger partial charge is 0.370 e. The number of nitrogens with zero attached hydrogens (tertiary/aromatic N) is 2. The zero-order chi connectivity index (χ0) is 15.2. The van der Waals surface area contributed by atoms with Gasteiger partial charge in [-0.1, -0.05) is 35.0 Å². The minimum Gasteiger partial charge on any atom is -0.370 e. The Morgan fingerprint density at radius 2 is 1.95 bits per heavy atom. The Labute approximate surface area is 135 Å². The molecule has 0 bridgehead atoms.